The fraction of sp³-hybridized carbons (Fsp3) is 0.240. The van der Waals surface area contributed by atoms with Crippen LogP contribution in [-0.2, 0) is 16.9 Å². The van der Waals surface area contributed by atoms with Crippen LogP contribution >= 0.6 is 23.2 Å². The van der Waals surface area contributed by atoms with Crippen LogP contribution < -0.4 is 10.1 Å². The third-order valence-corrected chi connectivity index (χ3v) is 7.48. The lowest BCUT2D eigenvalue weighted by Crippen LogP contribution is -2.54. The second kappa shape index (κ2) is 8.58. The van der Waals surface area contributed by atoms with Crippen molar-refractivity contribution < 1.29 is 14.5 Å². The van der Waals surface area contributed by atoms with E-state index in [-0.39, 0.29) is 10.8 Å². The van der Waals surface area contributed by atoms with Crippen LogP contribution in [0.3, 0.4) is 0 Å². The molecule has 3 aromatic carbocycles. The molecule has 3 aromatic rings. The molecule has 0 unspecified atom stereocenters. The smallest absolute Gasteiger partial charge is 0.256 e. The van der Waals surface area contributed by atoms with Crippen molar-refractivity contribution in [2.45, 2.75) is 24.1 Å². The zero-order valence-electron chi connectivity index (χ0n) is 18.2. The average molecular weight is 498 g/mol. The standard InChI is InChI=1S/C25H21Cl2N3O4/c1-29-13-18(23(30(32)33)25(29)19-4-2-3-5-22(19)28-24(25)31)16-7-9-17(10-8-16)34-14-15-6-11-20(26)21(27)12-15/h2-12,18,23H,13-14H2,1H3,(H,28,31)/t18-,23-,25-/m1/s1. The van der Waals surface area contributed by atoms with E-state index >= 15 is 0 Å². The van der Waals surface area contributed by atoms with Crippen LogP contribution in [0, 0.1) is 10.1 Å². The van der Waals surface area contributed by atoms with Crippen LogP contribution in [0.5, 0.6) is 5.75 Å². The molecule has 0 saturated carbocycles. The largest absolute Gasteiger partial charge is 0.489 e. The maximum atomic E-state index is 13.2. The van der Waals surface area contributed by atoms with E-state index in [0.717, 1.165) is 11.1 Å². The predicted octanol–water partition coefficient (Wildman–Crippen LogP) is 5.09. The summed E-state index contributed by atoms with van der Waals surface area (Å²) in [6.45, 7) is 0.677. The van der Waals surface area contributed by atoms with E-state index < -0.39 is 17.5 Å². The van der Waals surface area contributed by atoms with Crippen LogP contribution in [0.15, 0.2) is 66.7 Å². The van der Waals surface area contributed by atoms with E-state index in [9.17, 15) is 14.9 Å². The number of likely N-dealkylation sites (N-methyl/N-ethyl adjacent to an activating group) is 1. The number of carbonyl (C=O) groups is 1. The van der Waals surface area contributed by atoms with E-state index in [1.807, 2.05) is 24.3 Å². The van der Waals surface area contributed by atoms with Gasteiger partial charge in [-0.25, -0.2) is 0 Å². The number of halogens is 2. The Morgan fingerprint density at radius 3 is 2.56 bits per heavy atom. The number of hydrogen-bond acceptors (Lipinski definition) is 5. The normalized spacial score (nSPS) is 23.7. The number of nitrogens with zero attached hydrogens (tertiary/aromatic N) is 2. The zero-order chi connectivity index (χ0) is 24.0. The Morgan fingerprint density at radius 1 is 1.12 bits per heavy atom. The summed E-state index contributed by atoms with van der Waals surface area (Å²) in [5.41, 5.74) is 1.57. The molecule has 174 valence electrons. The van der Waals surface area contributed by atoms with Crippen molar-refractivity contribution in [1.82, 2.24) is 4.90 Å². The first-order chi connectivity index (χ1) is 16.3. The lowest BCUT2D eigenvalue weighted by molar-refractivity contribution is -0.534. The predicted molar refractivity (Wildman–Crippen MR) is 130 cm³/mol. The van der Waals surface area contributed by atoms with Crippen molar-refractivity contribution in [2.75, 3.05) is 18.9 Å². The van der Waals surface area contributed by atoms with Crippen LogP contribution in [0.25, 0.3) is 0 Å². The van der Waals surface area contributed by atoms with Gasteiger partial charge in [-0.3, -0.25) is 19.8 Å². The Hall–Kier alpha value is -3.13. The molecule has 1 fully saturated rings. The van der Waals surface area contributed by atoms with Gasteiger partial charge < -0.3 is 10.1 Å². The van der Waals surface area contributed by atoms with Gasteiger partial charge in [-0.15, -0.1) is 0 Å². The number of likely N-dealkylation sites (tertiary alicyclic amines) is 1. The quantitative estimate of drug-likeness (QED) is 0.391. The van der Waals surface area contributed by atoms with Crippen molar-refractivity contribution in [3.05, 3.63) is 104 Å². The summed E-state index contributed by atoms with van der Waals surface area (Å²) in [5.74, 6) is -0.208. The highest BCUT2D eigenvalue weighted by atomic mass is 35.5. The summed E-state index contributed by atoms with van der Waals surface area (Å²) in [7, 11) is 1.77. The van der Waals surface area contributed by atoms with Gasteiger partial charge in [0.15, 0.2) is 5.54 Å². The molecule has 0 radical (unpaired) electrons. The number of ether oxygens (including phenoxy) is 1. The van der Waals surface area contributed by atoms with Crippen molar-refractivity contribution in [3.8, 4) is 5.75 Å². The first-order valence-electron chi connectivity index (χ1n) is 10.7. The molecule has 0 aromatic heterocycles. The molecule has 5 rings (SSSR count). The van der Waals surface area contributed by atoms with Crippen LogP contribution in [-0.4, -0.2) is 35.4 Å². The molecule has 2 aliphatic heterocycles. The van der Waals surface area contributed by atoms with Gasteiger partial charge >= 0.3 is 0 Å². The zero-order valence-corrected chi connectivity index (χ0v) is 19.7. The molecule has 2 heterocycles. The molecule has 2 aliphatic rings. The van der Waals surface area contributed by atoms with E-state index in [1.165, 1.54) is 0 Å². The van der Waals surface area contributed by atoms with Crippen LogP contribution in [0.4, 0.5) is 5.69 Å². The number of nitrogens with one attached hydrogen (secondary N) is 1. The SMILES string of the molecule is CN1C[C@H](c2ccc(OCc3ccc(Cl)c(Cl)c3)cc2)[C@@H]([N+](=O)[O-])[C@]12C(=O)Nc1ccccc12. The second-order valence-corrected chi connectivity index (χ2v) is 9.40. The summed E-state index contributed by atoms with van der Waals surface area (Å²) < 4.78 is 5.85. The number of benzene rings is 3. The number of amides is 1. The van der Waals surface area contributed by atoms with E-state index in [4.69, 9.17) is 27.9 Å². The summed E-state index contributed by atoms with van der Waals surface area (Å²) in [4.78, 5) is 27.1. The molecule has 34 heavy (non-hydrogen) atoms. The first-order valence-corrected chi connectivity index (χ1v) is 11.5. The Kier molecular flexibility index (Phi) is 5.72. The van der Waals surface area contributed by atoms with Crippen molar-refractivity contribution in [3.63, 3.8) is 0 Å². The fourth-order valence-corrected chi connectivity index (χ4v) is 5.51. The molecule has 9 heteroatoms. The number of hydrogen-bond donors (Lipinski definition) is 1. The number of fused-ring (bicyclic) bond motifs is 2. The highest BCUT2D eigenvalue weighted by Gasteiger charge is 2.68. The van der Waals surface area contributed by atoms with Gasteiger partial charge in [-0.05, 0) is 48.5 Å². The van der Waals surface area contributed by atoms with E-state index in [2.05, 4.69) is 5.32 Å². The Bertz CT molecular complexity index is 1280. The summed E-state index contributed by atoms with van der Waals surface area (Å²) in [5, 5.41) is 16.2. The lowest BCUT2D eigenvalue weighted by Gasteiger charge is -2.30. The molecule has 0 bridgehead atoms. The Morgan fingerprint density at radius 2 is 1.85 bits per heavy atom. The molecule has 1 amide bonds. The van der Waals surface area contributed by atoms with E-state index in [0.29, 0.717) is 40.2 Å². The molecular formula is C25H21Cl2N3O4. The van der Waals surface area contributed by atoms with Crippen LogP contribution in [0.1, 0.15) is 22.6 Å². The summed E-state index contributed by atoms with van der Waals surface area (Å²) >= 11 is 12.0. The number of carbonyl (C=O) groups excluding carboxylic acids is 1. The minimum Gasteiger partial charge on any atom is -0.489 e. The number of para-hydroxylation sites is 1. The third kappa shape index (κ3) is 3.52. The third-order valence-electron chi connectivity index (χ3n) is 6.74. The topological polar surface area (TPSA) is 84.7 Å². The molecule has 1 saturated heterocycles. The van der Waals surface area contributed by atoms with Crippen LogP contribution in [0.2, 0.25) is 10.0 Å². The number of nitro groups is 1. The van der Waals surface area contributed by atoms with Gasteiger partial charge in [0.1, 0.15) is 12.4 Å². The van der Waals surface area contributed by atoms with E-state index in [1.54, 1.807) is 54.4 Å². The van der Waals surface area contributed by atoms with Gasteiger partial charge in [-0.2, -0.15) is 0 Å². The second-order valence-electron chi connectivity index (χ2n) is 8.59. The monoisotopic (exact) mass is 497 g/mol. The maximum Gasteiger partial charge on any atom is 0.256 e. The van der Waals surface area contributed by atoms with Crippen molar-refractivity contribution >= 4 is 34.8 Å². The molecule has 1 spiro atoms. The highest BCUT2D eigenvalue weighted by molar-refractivity contribution is 6.42. The fourth-order valence-electron chi connectivity index (χ4n) is 5.19. The van der Waals surface area contributed by atoms with Crippen molar-refractivity contribution in [1.29, 1.82) is 0 Å². The summed E-state index contributed by atoms with van der Waals surface area (Å²) in [6, 6.07) is 18.6. The summed E-state index contributed by atoms with van der Waals surface area (Å²) in [6.07, 6.45) is 0. The van der Waals surface area contributed by atoms with Crippen molar-refractivity contribution in [2.24, 2.45) is 0 Å². The highest BCUT2D eigenvalue weighted by Crippen LogP contribution is 2.52. The molecule has 0 aliphatic carbocycles. The minimum absolute atomic E-state index is 0.306. The lowest BCUT2D eigenvalue weighted by atomic mass is 9.79. The Labute approximate surface area is 206 Å². The molecule has 3 atom stereocenters. The first kappa shape index (κ1) is 22.7. The minimum atomic E-state index is -1.35. The van der Waals surface area contributed by atoms with Gasteiger partial charge in [0.25, 0.3) is 11.9 Å². The number of anilines is 1. The van der Waals surface area contributed by atoms with Gasteiger partial charge in [0, 0.05) is 22.7 Å². The maximum absolute atomic E-state index is 13.2. The molecule has 7 nitrogen and oxygen atoms in total. The van der Waals surface area contributed by atoms with Gasteiger partial charge in [0.05, 0.1) is 16.0 Å². The van der Waals surface area contributed by atoms with Gasteiger partial charge in [-0.1, -0.05) is 59.6 Å². The Balaban J connectivity index is 1.41. The van der Waals surface area contributed by atoms with Gasteiger partial charge in [0.2, 0.25) is 0 Å². The average Bonchev–Trinajstić information content (AvgIpc) is 3.30. The molecular weight excluding hydrogens is 477 g/mol. The molecule has 1 N–H and O–H groups in total. The number of rotatable bonds is 5.